The van der Waals surface area contributed by atoms with Crippen molar-refractivity contribution in [1.29, 1.82) is 0 Å². The molecule has 1 aliphatic rings. The molecule has 1 saturated carbocycles. The van der Waals surface area contributed by atoms with E-state index in [2.05, 4.69) is 4.98 Å². The van der Waals surface area contributed by atoms with E-state index in [0.29, 0.717) is 28.6 Å². The minimum atomic E-state index is -1.17. The van der Waals surface area contributed by atoms with Gasteiger partial charge in [0.2, 0.25) is 0 Å². The Morgan fingerprint density at radius 3 is 2.58 bits per heavy atom. The first-order chi connectivity index (χ1) is 15.8. The minimum absolute atomic E-state index is 0.0282. The molecule has 0 saturated heterocycles. The normalized spacial score (nSPS) is 14.7. The molecule has 3 aromatic rings. The van der Waals surface area contributed by atoms with Crippen molar-refractivity contribution in [2.45, 2.75) is 44.6 Å². The summed E-state index contributed by atoms with van der Waals surface area (Å²) in [6.45, 7) is 0.549. The van der Waals surface area contributed by atoms with Crippen molar-refractivity contribution < 1.29 is 14.3 Å². The molecule has 0 amide bonds. The highest BCUT2D eigenvalue weighted by atomic mass is 35.5. The predicted octanol–water partition coefficient (Wildman–Crippen LogP) is 6.79. The average Bonchev–Trinajstić information content (AvgIpc) is 3.18. The van der Waals surface area contributed by atoms with Gasteiger partial charge in [0.15, 0.2) is 11.5 Å². The molecular formula is C25H26Cl2FN3O2. The molecule has 0 aliphatic heterocycles. The lowest BCUT2D eigenvalue weighted by Crippen LogP contribution is -2.15. The Bertz CT molecular complexity index is 1190. The van der Waals surface area contributed by atoms with E-state index in [-0.39, 0.29) is 22.3 Å². The second-order valence-electron chi connectivity index (χ2n) is 8.75. The number of carbonyl (C=O) groups is 1. The van der Waals surface area contributed by atoms with Crippen molar-refractivity contribution in [3.63, 3.8) is 0 Å². The van der Waals surface area contributed by atoms with Gasteiger partial charge >= 0.3 is 5.97 Å². The highest BCUT2D eigenvalue weighted by Gasteiger charge is 2.31. The highest BCUT2D eigenvalue weighted by Crippen LogP contribution is 2.40. The maximum atomic E-state index is 15.4. The lowest BCUT2D eigenvalue weighted by atomic mass is 9.88. The van der Waals surface area contributed by atoms with Crippen molar-refractivity contribution in [1.82, 2.24) is 14.5 Å². The van der Waals surface area contributed by atoms with Gasteiger partial charge in [-0.15, -0.1) is 0 Å². The van der Waals surface area contributed by atoms with E-state index in [4.69, 9.17) is 23.2 Å². The molecule has 1 heterocycles. The highest BCUT2D eigenvalue weighted by molar-refractivity contribution is 6.31. The molecular weight excluding hydrogens is 464 g/mol. The van der Waals surface area contributed by atoms with Crippen molar-refractivity contribution in [3.05, 3.63) is 69.3 Å². The van der Waals surface area contributed by atoms with E-state index in [9.17, 15) is 9.90 Å². The van der Waals surface area contributed by atoms with Crippen LogP contribution in [0.1, 0.15) is 59.9 Å². The van der Waals surface area contributed by atoms with Crippen molar-refractivity contribution in [2.75, 3.05) is 14.1 Å². The second-order valence-corrected chi connectivity index (χ2v) is 9.60. The Balaban J connectivity index is 2.08. The number of benzene rings is 2. The van der Waals surface area contributed by atoms with E-state index < -0.39 is 11.8 Å². The van der Waals surface area contributed by atoms with E-state index in [1.807, 2.05) is 25.1 Å². The number of aromatic carboxylic acids is 1. The van der Waals surface area contributed by atoms with Gasteiger partial charge in [0, 0.05) is 23.0 Å². The number of hydrogen-bond acceptors (Lipinski definition) is 3. The monoisotopic (exact) mass is 489 g/mol. The summed E-state index contributed by atoms with van der Waals surface area (Å²) in [5, 5.41) is 10.6. The van der Waals surface area contributed by atoms with Crippen LogP contribution >= 0.6 is 23.2 Å². The van der Waals surface area contributed by atoms with Gasteiger partial charge in [0.05, 0.1) is 16.4 Å². The Hall–Kier alpha value is -2.41. The molecule has 0 spiro atoms. The number of carboxylic acids is 1. The van der Waals surface area contributed by atoms with Crippen LogP contribution in [0.2, 0.25) is 10.0 Å². The molecule has 4 rings (SSSR count). The minimum Gasteiger partial charge on any atom is -0.476 e. The van der Waals surface area contributed by atoms with Crippen LogP contribution < -0.4 is 0 Å². The van der Waals surface area contributed by atoms with Crippen molar-refractivity contribution >= 4 is 29.2 Å². The standard InChI is InChI=1S/C25H26Cl2FN3O2/c1-30(2)14-16-11-12-17(26)13-18(16)23-22(25(32)33)29-24(15-7-4-3-5-8-15)31(23)20-10-6-9-19(27)21(20)28/h6,9-13,15H,3-5,7-8,14H2,1-2H3,(H,32,33). The van der Waals surface area contributed by atoms with Gasteiger partial charge < -0.3 is 10.0 Å². The molecule has 1 aromatic heterocycles. The van der Waals surface area contributed by atoms with Gasteiger partial charge in [-0.25, -0.2) is 14.2 Å². The maximum absolute atomic E-state index is 15.4. The van der Waals surface area contributed by atoms with Gasteiger partial charge in [-0.3, -0.25) is 4.57 Å². The van der Waals surface area contributed by atoms with E-state index in [1.165, 1.54) is 6.07 Å². The topological polar surface area (TPSA) is 58.4 Å². The Morgan fingerprint density at radius 1 is 1.18 bits per heavy atom. The van der Waals surface area contributed by atoms with Crippen LogP contribution in [-0.2, 0) is 6.54 Å². The van der Waals surface area contributed by atoms with Gasteiger partial charge in [0.25, 0.3) is 0 Å². The number of nitrogens with zero attached hydrogens (tertiary/aromatic N) is 3. The lowest BCUT2D eigenvalue weighted by Gasteiger charge is -2.24. The van der Waals surface area contributed by atoms with Crippen LogP contribution in [0, 0.1) is 5.82 Å². The molecule has 8 heteroatoms. The Morgan fingerprint density at radius 2 is 1.91 bits per heavy atom. The van der Waals surface area contributed by atoms with Crippen LogP contribution in [0.25, 0.3) is 16.9 Å². The summed E-state index contributed by atoms with van der Waals surface area (Å²) in [6, 6.07) is 10.1. The zero-order valence-electron chi connectivity index (χ0n) is 18.6. The fraction of sp³-hybridized carbons (Fsp3) is 0.360. The third-order valence-electron chi connectivity index (χ3n) is 6.06. The SMILES string of the molecule is CN(C)Cc1ccc(Cl)cc1-c1c(C(=O)O)nc(C2CCCCC2)n1-c1cccc(Cl)c1F. The number of halogens is 3. The van der Waals surface area contributed by atoms with E-state index >= 15 is 4.39 Å². The summed E-state index contributed by atoms with van der Waals surface area (Å²) in [6.07, 6.45) is 4.92. The number of hydrogen-bond donors (Lipinski definition) is 1. The summed E-state index contributed by atoms with van der Waals surface area (Å²) in [4.78, 5) is 19.0. The molecule has 5 nitrogen and oxygen atoms in total. The van der Waals surface area contributed by atoms with Gasteiger partial charge in [-0.1, -0.05) is 54.6 Å². The fourth-order valence-corrected chi connectivity index (χ4v) is 4.97. The molecule has 33 heavy (non-hydrogen) atoms. The van der Waals surface area contributed by atoms with Crippen LogP contribution in [0.5, 0.6) is 0 Å². The quantitative estimate of drug-likeness (QED) is 0.413. The smallest absolute Gasteiger partial charge is 0.356 e. The molecule has 1 N–H and O–H groups in total. The Labute approximate surface area is 202 Å². The summed E-state index contributed by atoms with van der Waals surface area (Å²) in [7, 11) is 3.86. The first-order valence-electron chi connectivity index (χ1n) is 11.0. The summed E-state index contributed by atoms with van der Waals surface area (Å²) in [5.74, 6) is -1.19. The van der Waals surface area contributed by atoms with Crippen LogP contribution in [0.4, 0.5) is 4.39 Å². The summed E-state index contributed by atoms with van der Waals surface area (Å²) < 4.78 is 17.0. The largest absolute Gasteiger partial charge is 0.476 e. The van der Waals surface area contributed by atoms with Crippen LogP contribution in [0.15, 0.2) is 36.4 Å². The van der Waals surface area contributed by atoms with Gasteiger partial charge in [-0.2, -0.15) is 0 Å². The number of rotatable bonds is 6. The molecule has 0 bridgehead atoms. The zero-order chi connectivity index (χ0) is 23.7. The van der Waals surface area contributed by atoms with Crippen molar-refractivity contribution in [3.8, 4) is 16.9 Å². The first-order valence-corrected chi connectivity index (χ1v) is 11.8. The van der Waals surface area contributed by atoms with Crippen molar-refractivity contribution in [2.24, 2.45) is 0 Å². The number of imidazole rings is 1. The molecule has 0 atom stereocenters. The summed E-state index contributed by atoms with van der Waals surface area (Å²) in [5.41, 5.74) is 1.88. The first kappa shape index (κ1) is 23.7. The molecule has 0 radical (unpaired) electrons. The zero-order valence-corrected chi connectivity index (χ0v) is 20.1. The Kier molecular flexibility index (Phi) is 7.07. The third-order valence-corrected chi connectivity index (χ3v) is 6.59. The van der Waals surface area contributed by atoms with E-state index in [1.54, 1.807) is 28.8 Å². The van der Waals surface area contributed by atoms with E-state index in [0.717, 1.165) is 37.7 Å². The van der Waals surface area contributed by atoms with Crippen LogP contribution in [-0.4, -0.2) is 39.6 Å². The number of carboxylic acid groups (broad SMARTS) is 1. The van der Waals surface area contributed by atoms with Gasteiger partial charge in [-0.05, 0) is 56.8 Å². The third kappa shape index (κ3) is 4.79. The molecule has 0 unspecified atom stereocenters. The fourth-order valence-electron chi connectivity index (χ4n) is 4.63. The summed E-state index contributed by atoms with van der Waals surface area (Å²) >= 11 is 12.5. The molecule has 1 fully saturated rings. The van der Waals surface area contributed by atoms with Gasteiger partial charge in [0.1, 0.15) is 5.82 Å². The average molecular weight is 490 g/mol. The molecule has 174 valence electrons. The number of aromatic nitrogens is 2. The maximum Gasteiger partial charge on any atom is 0.356 e. The lowest BCUT2D eigenvalue weighted by molar-refractivity contribution is 0.0691. The predicted molar refractivity (Wildman–Crippen MR) is 129 cm³/mol. The second kappa shape index (κ2) is 9.84. The molecule has 1 aliphatic carbocycles. The molecule has 2 aromatic carbocycles. The van der Waals surface area contributed by atoms with Crippen LogP contribution in [0.3, 0.4) is 0 Å².